The van der Waals surface area contributed by atoms with Crippen LogP contribution in [0.25, 0.3) is 0 Å². The smallest absolute Gasteiger partial charge is 0.252 e. The molecule has 4 rings (SSSR count). The molecule has 1 N–H and O–H groups in total. The molecule has 3 fully saturated rings. The number of benzene rings is 1. The van der Waals surface area contributed by atoms with E-state index < -0.39 is 6.10 Å². The number of hydrogen-bond donors (Lipinski definition) is 1. The van der Waals surface area contributed by atoms with Crippen LogP contribution in [0.5, 0.6) is 0 Å². The molecule has 5 nitrogen and oxygen atoms in total. The number of rotatable bonds is 4. The number of fused-ring (bicyclic) bond motifs is 2. The van der Waals surface area contributed by atoms with Crippen LogP contribution < -0.4 is 5.32 Å². The van der Waals surface area contributed by atoms with E-state index in [-0.39, 0.29) is 18.3 Å². The summed E-state index contributed by atoms with van der Waals surface area (Å²) < 4.78 is 11.5. The Bertz CT molecular complexity index is 518. The summed E-state index contributed by atoms with van der Waals surface area (Å²) in [6, 6.07) is 10.7. The first-order valence-electron chi connectivity index (χ1n) is 7.65. The van der Waals surface area contributed by atoms with Crippen molar-refractivity contribution in [1.82, 2.24) is 10.2 Å². The Balaban J connectivity index is 1.38. The molecular weight excluding hydrogens is 268 g/mol. The summed E-state index contributed by atoms with van der Waals surface area (Å²) >= 11 is 0. The van der Waals surface area contributed by atoms with E-state index in [9.17, 15) is 4.79 Å². The Hall–Kier alpha value is -1.43. The molecule has 2 heterocycles. The molecule has 1 aromatic carbocycles. The lowest BCUT2D eigenvalue weighted by atomic mass is 10.1. The number of carbonyl (C=O) groups excluding carboxylic acids is 1. The number of nitrogens with zero attached hydrogens (tertiary/aromatic N) is 1. The molecule has 2 aliphatic heterocycles. The Morgan fingerprint density at radius 3 is 2.76 bits per heavy atom. The zero-order chi connectivity index (χ0) is 14.2. The maximum Gasteiger partial charge on any atom is 0.252 e. The van der Waals surface area contributed by atoms with Gasteiger partial charge in [0.1, 0.15) is 6.10 Å². The van der Waals surface area contributed by atoms with E-state index in [0.717, 1.165) is 32.5 Å². The van der Waals surface area contributed by atoms with Crippen molar-refractivity contribution in [1.29, 1.82) is 0 Å². The number of carbonyl (C=O) groups is 1. The van der Waals surface area contributed by atoms with Crippen molar-refractivity contribution in [2.75, 3.05) is 13.1 Å². The van der Waals surface area contributed by atoms with Gasteiger partial charge in [0.05, 0.1) is 6.54 Å². The number of ether oxygens (including phenoxy) is 2. The van der Waals surface area contributed by atoms with E-state index in [1.807, 2.05) is 18.2 Å². The van der Waals surface area contributed by atoms with Gasteiger partial charge >= 0.3 is 0 Å². The molecule has 5 heteroatoms. The van der Waals surface area contributed by atoms with Crippen LogP contribution in [0.2, 0.25) is 0 Å². The molecule has 0 radical (unpaired) electrons. The van der Waals surface area contributed by atoms with Gasteiger partial charge in [-0.15, -0.1) is 0 Å². The molecular formula is C16H20N2O3. The standard InChI is InChI=1S/C16H20N2O3/c19-16(17-12-6-7-12)15-13-9-18(10-14(20-13)21-15)8-11-4-2-1-3-5-11/h1-5,12-15H,6-10H2,(H,17,19)/t13-,14-,15+/m0/s1. The molecule has 0 spiro atoms. The summed E-state index contributed by atoms with van der Waals surface area (Å²) in [6.45, 7) is 2.34. The predicted octanol–water partition coefficient (Wildman–Crippen LogP) is 0.891. The Labute approximate surface area is 124 Å². The average molecular weight is 288 g/mol. The summed E-state index contributed by atoms with van der Waals surface area (Å²) in [5.74, 6) is -0.00781. The molecule has 112 valence electrons. The Morgan fingerprint density at radius 2 is 2.00 bits per heavy atom. The Morgan fingerprint density at radius 1 is 1.19 bits per heavy atom. The highest BCUT2D eigenvalue weighted by Gasteiger charge is 2.46. The van der Waals surface area contributed by atoms with E-state index in [2.05, 4.69) is 22.3 Å². The summed E-state index contributed by atoms with van der Waals surface area (Å²) in [5.41, 5.74) is 1.28. The molecule has 3 atom stereocenters. The van der Waals surface area contributed by atoms with Crippen molar-refractivity contribution in [2.45, 2.75) is 43.9 Å². The highest BCUT2D eigenvalue weighted by Crippen LogP contribution is 2.28. The number of amides is 1. The van der Waals surface area contributed by atoms with Gasteiger partial charge in [0.2, 0.25) is 0 Å². The second-order valence-corrected chi connectivity index (χ2v) is 6.12. The normalized spacial score (nSPS) is 32.1. The van der Waals surface area contributed by atoms with Crippen LogP contribution in [-0.4, -0.2) is 48.4 Å². The molecule has 21 heavy (non-hydrogen) atoms. The van der Waals surface area contributed by atoms with Crippen molar-refractivity contribution in [2.24, 2.45) is 0 Å². The van der Waals surface area contributed by atoms with Gasteiger partial charge in [-0.25, -0.2) is 0 Å². The molecule has 1 saturated carbocycles. The molecule has 0 aromatic heterocycles. The maximum atomic E-state index is 12.2. The van der Waals surface area contributed by atoms with Crippen LogP contribution in [0.4, 0.5) is 0 Å². The van der Waals surface area contributed by atoms with E-state index in [1.54, 1.807) is 0 Å². The van der Waals surface area contributed by atoms with Crippen molar-refractivity contribution >= 4 is 5.91 Å². The summed E-state index contributed by atoms with van der Waals surface area (Å²) in [7, 11) is 0. The van der Waals surface area contributed by atoms with Crippen LogP contribution in [0.1, 0.15) is 18.4 Å². The monoisotopic (exact) mass is 288 g/mol. The quantitative estimate of drug-likeness (QED) is 0.894. The summed E-state index contributed by atoms with van der Waals surface area (Å²) in [6.07, 6.45) is 1.31. The minimum absolute atomic E-state index is 0.00781. The van der Waals surface area contributed by atoms with Crippen LogP contribution in [0.15, 0.2) is 30.3 Å². The summed E-state index contributed by atoms with van der Waals surface area (Å²) in [5, 5.41) is 3.01. The lowest BCUT2D eigenvalue weighted by molar-refractivity contribution is -0.134. The van der Waals surface area contributed by atoms with Gasteiger partial charge in [0.25, 0.3) is 5.91 Å². The number of hydrogen-bond acceptors (Lipinski definition) is 4. The number of nitrogens with one attached hydrogen (secondary N) is 1. The van der Waals surface area contributed by atoms with Gasteiger partial charge in [-0.1, -0.05) is 30.3 Å². The third kappa shape index (κ3) is 2.95. The fraction of sp³-hybridized carbons (Fsp3) is 0.562. The predicted molar refractivity (Wildman–Crippen MR) is 76.4 cm³/mol. The van der Waals surface area contributed by atoms with Crippen molar-refractivity contribution in [3.8, 4) is 0 Å². The van der Waals surface area contributed by atoms with Gasteiger partial charge < -0.3 is 14.8 Å². The Kier molecular flexibility index (Phi) is 3.41. The maximum absolute atomic E-state index is 12.2. The molecule has 1 amide bonds. The van der Waals surface area contributed by atoms with Gasteiger partial charge in [0, 0.05) is 19.1 Å². The molecule has 2 bridgehead atoms. The van der Waals surface area contributed by atoms with Crippen LogP contribution in [0, 0.1) is 0 Å². The van der Waals surface area contributed by atoms with Crippen molar-refractivity contribution in [3.05, 3.63) is 35.9 Å². The molecule has 1 aromatic rings. The first-order chi connectivity index (χ1) is 10.3. The zero-order valence-electron chi connectivity index (χ0n) is 11.9. The second-order valence-electron chi connectivity index (χ2n) is 6.12. The van der Waals surface area contributed by atoms with Crippen molar-refractivity contribution in [3.63, 3.8) is 0 Å². The highest BCUT2D eigenvalue weighted by molar-refractivity contribution is 5.82. The SMILES string of the molecule is O=C(NC1CC1)[C@@H]1O[C@H]2CN(Cc3ccccc3)C[C@@H]1O2. The minimum Gasteiger partial charge on any atom is -0.351 e. The molecule has 3 aliphatic rings. The molecule has 2 saturated heterocycles. The van der Waals surface area contributed by atoms with E-state index in [4.69, 9.17) is 9.47 Å². The summed E-state index contributed by atoms with van der Waals surface area (Å²) in [4.78, 5) is 14.5. The third-order valence-electron chi connectivity index (χ3n) is 4.24. The minimum atomic E-state index is -0.448. The topological polar surface area (TPSA) is 50.8 Å². The first kappa shape index (κ1) is 13.2. The first-order valence-corrected chi connectivity index (χ1v) is 7.65. The number of morpholine rings is 1. The fourth-order valence-corrected chi connectivity index (χ4v) is 3.03. The van der Waals surface area contributed by atoms with Gasteiger partial charge in [-0.2, -0.15) is 0 Å². The third-order valence-corrected chi connectivity index (χ3v) is 4.24. The fourth-order valence-electron chi connectivity index (χ4n) is 3.03. The lowest BCUT2D eigenvalue weighted by Crippen LogP contribution is -2.47. The van der Waals surface area contributed by atoms with Gasteiger partial charge in [-0.05, 0) is 18.4 Å². The van der Waals surface area contributed by atoms with Gasteiger partial charge in [0.15, 0.2) is 12.4 Å². The highest BCUT2D eigenvalue weighted by atomic mass is 16.7. The van der Waals surface area contributed by atoms with Gasteiger partial charge in [-0.3, -0.25) is 9.69 Å². The zero-order valence-corrected chi connectivity index (χ0v) is 11.9. The van der Waals surface area contributed by atoms with Crippen LogP contribution >= 0.6 is 0 Å². The second kappa shape index (κ2) is 5.40. The molecule has 1 aliphatic carbocycles. The largest absolute Gasteiger partial charge is 0.351 e. The average Bonchev–Trinajstić information content (AvgIpc) is 3.24. The van der Waals surface area contributed by atoms with E-state index in [0.29, 0.717) is 6.04 Å². The molecule has 0 unspecified atom stereocenters. The van der Waals surface area contributed by atoms with E-state index >= 15 is 0 Å². The van der Waals surface area contributed by atoms with Crippen LogP contribution in [-0.2, 0) is 20.8 Å². The van der Waals surface area contributed by atoms with E-state index in [1.165, 1.54) is 5.56 Å². The van der Waals surface area contributed by atoms with Crippen molar-refractivity contribution < 1.29 is 14.3 Å². The lowest BCUT2D eigenvalue weighted by Gasteiger charge is -2.30. The van der Waals surface area contributed by atoms with Crippen LogP contribution in [0.3, 0.4) is 0 Å².